The molecule has 0 saturated carbocycles. The number of carboxylic acids is 1. The normalized spacial score (nSPS) is 11.6. The summed E-state index contributed by atoms with van der Waals surface area (Å²) >= 11 is 0. The van der Waals surface area contributed by atoms with Crippen LogP contribution in [0.4, 0.5) is 5.69 Å². The number of carbonyl (C=O) groups is 1. The van der Waals surface area contributed by atoms with Crippen molar-refractivity contribution in [2.24, 2.45) is 0 Å². The van der Waals surface area contributed by atoms with Crippen molar-refractivity contribution in [2.45, 2.75) is 4.90 Å². The lowest BCUT2D eigenvalue weighted by Crippen LogP contribution is -2.05. The van der Waals surface area contributed by atoms with Gasteiger partial charge >= 0.3 is 5.97 Å². The van der Waals surface area contributed by atoms with Crippen molar-refractivity contribution in [3.05, 3.63) is 35.9 Å². The molecule has 2 rings (SSSR count). The van der Waals surface area contributed by atoms with Crippen molar-refractivity contribution in [1.29, 1.82) is 0 Å². The van der Waals surface area contributed by atoms with Gasteiger partial charge in [-0.05, 0) is 23.6 Å². The molecule has 0 radical (unpaired) electrons. The highest BCUT2D eigenvalue weighted by Gasteiger charge is 2.18. The fourth-order valence-corrected chi connectivity index (χ4v) is 2.29. The van der Waals surface area contributed by atoms with Crippen LogP contribution in [-0.4, -0.2) is 24.0 Å². The van der Waals surface area contributed by atoms with Crippen LogP contribution < -0.4 is 5.73 Å². The third-order valence-corrected chi connectivity index (χ3v) is 3.34. The predicted octanol–water partition coefficient (Wildman–Crippen LogP) is 1.37. The van der Waals surface area contributed by atoms with Crippen molar-refractivity contribution in [2.75, 3.05) is 5.73 Å². The van der Waals surface area contributed by atoms with E-state index in [0.29, 0.717) is 5.39 Å². The zero-order valence-corrected chi connectivity index (χ0v) is 9.81. The Bertz CT molecular complexity index is 751. The van der Waals surface area contributed by atoms with Crippen molar-refractivity contribution >= 4 is 32.5 Å². The fraction of sp³-hybridized carbons (Fsp3) is 0. The quantitative estimate of drug-likeness (QED) is 0.558. The van der Waals surface area contributed by atoms with Crippen molar-refractivity contribution in [3.63, 3.8) is 0 Å². The minimum Gasteiger partial charge on any atom is -0.478 e. The fourth-order valence-electron chi connectivity index (χ4n) is 1.75. The van der Waals surface area contributed by atoms with E-state index in [4.69, 9.17) is 15.4 Å². The van der Waals surface area contributed by atoms with E-state index in [1.807, 2.05) is 0 Å². The van der Waals surface area contributed by atoms with E-state index >= 15 is 0 Å². The zero-order chi connectivity index (χ0) is 13.5. The maximum absolute atomic E-state index is 11.1. The van der Waals surface area contributed by atoms with Crippen LogP contribution in [0.3, 0.4) is 0 Å². The summed E-state index contributed by atoms with van der Waals surface area (Å²) in [6, 6.07) is 6.66. The van der Waals surface area contributed by atoms with E-state index < -0.39 is 21.0 Å². The lowest BCUT2D eigenvalue weighted by Gasteiger charge is -2.08. The zero-order valence-electron chi connectivity index (χ0n) is 8.99. The molecule has 6 nitrogen and oxygen atoms in total. The first-order chi connectivity index (χ1) is 8.30. The molecule has 0 aromatic heterocycles. The SMILES string of the molecule is Nc1cccc2cc(S(=O)(=O)O)cc(C(=O)O)c12. The smallest absolute Gasteiger partial charge is 0.336 e. The van der Waals surface area contributed by atoms with E-state index in [2.05, 4.69) is 0 Å². The summed E-state index contributed by atoms with van der Waals surface area (Å²) in [6.07, 6.45) is 0. The van der Waals surface area contributed by atoms with Gasteiger partial charge in [0.1, 0.15) is 0 Å². The number of hydrogen-bond acceptors (Lipinski definition) is 4. The molecule has 0 fully saturated rings. The van der Waals surface area contributed by atoms with E-state index in [1.54, 1.807) is 6.07 Å². The Morgan fingerprint density at radius 2 is 1.89 bits per heavy atom. The number of carboxylic acid groups (broad SMARTS) is 1. The molecule has 0 aliphatic rings. The van der Waals surface area contributed by atoms with E-state index in [1.165, 1.54) is 18.2 Å². The van der Waals surface area contributed by atoms with E-state index in [9.17, 15) is 13.2 Å². The number of fused-ring (bicyclic) bond motifs is 1. The number of hydrogen-bond donors (Lipinski definition) is 3. The molecular weight excluding hydrogens is 258 g/mol. The van der Waals surface area contributed by atoms with Gasteiger partial charge in [0.15, 0.2) is 0 Å². The number of benzene rings is 2. The number of nitrogens with two attached hydrogens (primary N) is 1. The minimum absolute atomic E-state index is 0.229. The van der Waals surface area contributed by atoms with Gasteiger partial charge in [-0.3, -0.25) is 4.55 Å². The number of nitrogen functional groups attached to an aromatic ring is 1. The van der Waals surface area contributed by atoms with Crippen molar-refractivity contribution < 1.29 is 22.9 Å². The summed E-state index contributed by atoms with van der Waals surface area (Å²) in [5, 5.41) is 9.65. The van der Waals surface area contributed by atoms with Crippen molar-refractivity contribution in [1.82, 2.24) is 0 Å². The van der Waals surface area contributed by atoms with Crippen LogP contribution in [0, 0.1) is 0 Å². The average molecular weight is 267 g/mol. The largest absolute Gasteiger partial charge is 0.478 e. The Labute approximate surface area is 102 Å². The maximum Gasteiger partial charge on any atom is 0.336 e. The summed E-state index contributed by atoms with van der Waals surface area (Å²) in [7, 11) is -4.47. The summed E-state index contributed by atoms with van der Waals surface area (Å²) in [5.41, 5.74) is 5.64. The third kappa shape index (κ3) is 2.01. The third-order valence-electron chi connectivity index (χ3n) is 2.51. The first kappa shape index (κ1) is 12.3. The molecule has 4 N–H and O–H groups in total. The van der Waals surface area contributed by atoms with Gasteiger partial charge in [-0.1, -0.05) is 12.1 Å². The Morgan fingerprint density at radius 1 is 1.22 bits per heavy atom. The molecule has 0 aliphatic heterocycles. The van der Waals surface area contributed by atoms with Gasteiger partial charge in [0.05, 0.1) is 10.5 Å². The Morgan fingerprint density at radius 3 is 2.44 bits per heavy atom. The number of anilines is 1. The molecule has 0 bridgehead atoms. The molecule has 18 heavy (non-hydrogen) atoms. The van der Waals surface area contributed by atoms with E-state index in [-0.39, 0.29) is 16.6 Å². The Kier molecular flexibility index (Phi) is 2.72. The molecule has 0 saturated heterocycles. The lowest BCUT2D eigenvalue weighted by molar-refractivity contribution is 0.0699. The van der Waals surface area contributed by atoms with Gasteiger partial charge in [0, 0.05) is 11.1 Å². The topological polar surface area (TPSA) is 118 Å². The van der Waals surface area contributed by atoms with Crippen LogP contribution in [0.1, 0.15) is 10.4 Å². The highest BCUT2D eigenvalue weighted by Crippen LogP contribution is 2.28. The molecule has 7 heteroatoms. The molecule has 0 spiro atoms. The van der Waals surface area contributed by atoms with E-state index in [0.717, 1.165) is 6.07 Å². The molecule has 0 unspecified atom stereocenters. The van der Waals surface area contributed by atoms with Gasteiger partial charge in [-0.15, -0.1) is 0 Å². The van der Waals surface area contributed by atoms with Gasteiger partial charge in [0.2, 0.25) is 0 Å². The predicted molar refractivity (Wildman–Crippen MR) is 65.1 cm³/mol. The molecule has 0 amide bonds. The average Bonchev–Trinajstić information content (AvgIpc) is 2.26. The first-order valence-electron chi connectivity index (χ1n) is 4.84. The van der Waals surface area contributed by atoms with Crippen LogP contribution in [-0.2, 0) is 10.1 Å². The molecule has 0 heterocycles. The Hall–Kier alpha value is -2.12. The monoisotopic (exact) mass is 267 g/mol. The molecule has 0 aliphatic carbocycles. The first-order valence-corrected chi connectivity index (χ1v) is 6.28. The lowest BCUT2D eigenvalue weighted by atomic mass is 10.0. The summed E-state index contributed by atoms with van der Waals surface area (Å²) < 4.78 is 31.1. The minimum atomic E-state index is -4.47. The Balaban J connectivity index is 2.97. The van der Waals surface area contributed by atoms with Crippen LogP contribution in [0.5, 0.6) is 0 Å². The molecule has 2 aromatic carbocycles. The second-order valence-electron chi connectivity index (χ2n) is 3.70. The highest BCUT2D eigenvalue weighted by molar-refractivity contribution is 7.85. The second kappa shape index (κ2) is 3.97. The van der Waals surface area contributed by atoms with Gasteiger partial charge < -0.3 is 10.8 Å². The summed E-state index contributed by atoms with van der Waals surface area (Å²) in [6.45, 7) is 0. The number of aromatic carboxylic acids is 1. The molecule has 2 aromatic rings. The van der Waals surface area contributed by atoms with Crippen LogP contribution >= 0.6 is 0 Å². The maximum atomic E-state index is 11.1. The van der Waals surface area contributed by atoms with Crippen LogP contribution in [0.25, 0.3) is 10.8 Å². The number of rotatable bonds is 2. The van der Waals surface area contributed by atoms with Gasteiger partial charge in [-0.2, -0.15) is 8.42 Å². The highest BCUT2D eigenvalue weighted by atomic mass is 32.2. The molecular formula is C11H9NO5S. The summed E-state index contributed by atoms with van der Waals surface area (Å²) in [4.78, 5) is 10.6. The van der Waals surface area contributed by atoms with Gasteiger partial charge in [0.25, 0.3) is 10.1 Å². The van der Waals surface area contributed by atoms with Crippen LogP contribution in [0.2, 0.25) is 0 Å². The second-order valence-corrected chi connectivity index (χ2v) is 5.12. The summed E-state index contributed by atoms with van der Waals surface area (Å²) in [5.74, 6) is -1.32. The standard InChI is InChI=1S/C11H9NO5S/c12-9-3-1-2-6-4-7(18(15,16)17)5-8(10(6)9)11(13)14/h1-5H,12H2,(H,13,14)(H,15,16,17). The molecule has 0 atom stereocenters. The van der Waals surface area contributed by atoms with Crippen molar-refractivity contribution in [3.8, 4) is 0 Å². The van der Waals surface area contributed by atoms with Gasteiger partial charge in [-0.25, -0.2) is 4.79 Å². The molecule has 94 valence electrons. The van der Waals surface area contributed by atoms with Crippen LogP contribution in [0.15, 0.2) is 35.2 Å².